The fraction of sp³-hybridized carbons (Fsp3) is 1.00. The molecule has 0 amide bonds. The van der Waals surface area contributed by atoms with Crippen molar-refractivity contribution in [1.29, 1.82) is 0 Å². The Bertz CT molecular complexity index is 154. The van der Waals surface area contributed by atoms with E-state index in [0.29, 0.717) is 19.1 Å². The van der Waals surface area contributed by atoms with Crippen molar-refractivity contribution in [2.45, 2.75) is 39.5 Å². The lowest BCUT2D eigenvalue weighted by Crippen LogP contribution is -2.49. The van der Waals surface area contributed by atoms with Gasteiger partial charge in [0.2, 0.25) is 0 Å². The molecule has 0 aromatic heterocycles. The Kier molecular flexibility index (Phi) is 8.69. The molecular formula is C9H22ClNO3Si. The van der Waals surface area contributed by atoms with Gasteiger partial charge in [-0.2, -0.15) is 0 Å². The molecule has 0 fully saturated rings. The molecule has 0 aromatic carbocycles. The first-order valence-electron chi connectivity index (χ1n) is 5.37. The molecule has 2 N–H and O–H groups in total. The molecule has 0 bridgehead atoms. The Hall–Kier alpha value is 0.347. The predicted molar refractivity (Wildman–Crippen MR) is 63.9 cm³/mol. The van der Waals surface area contributed by atoms with Crippen molar-refractivity contribution in [1.82, 2.24) is 0 Å². The molecule has 0 aliphatic heterocycles. The zero-order valence-electron chi connectivity index (χ0n) is 9.79. The van der Waals surface area contributed by atoms with Gasteiger partial charge in [-0.05, 0) is 27.2 Å². The molecule has 6 heteroatoms. The maximum absolute atomic E-state index is 5.67. The third-order valence-corrected chi connectivity index (χ3v) is 5.13. The van der Waals surface area contributed by atoms with Crippen LogP contribution in [0.15, 0.2) is 0 Å². The highest BCUT2D eigenvalue weighted by Gasteiger charge is 2.41. The molecular weight excluding hydrogens is 234 g/mol. The average molecular weight is 256 g/mol. The van der Waals surface area contributed by atoms with Crippen molar-refractivity contribution >= 4 is 20.4 Å². The highest BCUT2D eigenvalue weighted by Crippen LogP contribution is 2.19. The van der Waals surface area contributed by atoms with E-state index in [2.05, 4.69) is 0 Å². The summed E-state index contributed by atoms with van der Waals surface area (Å²) in [5, 5.41) is 0. The van der Waals surface area contributed by atoms with Gasteiger partial charge in [0.05, 0.1) is 6.23 Å². The summed E-state index contributed by atoms with van der Waals surface area (Å²) in [4.78, 5) is 0. The zero-order chi connectivity index (χ0) is 11.7. The molecule has 15 heavy (non-hydrogen) atoms. The fourth-order valence-corrected chi connectivity index (χ4v) is 4.36. The van der Waals surface area contributed by atoms with Gasteiger partial charge in [-0.25, -0.2) is 0 Å². The van der Waals surface area contributed by atoms with Gasteiger partial charge >= 0.3 is 8.80 Å². The van der Waals surface area contributed by atoms with E-state index in [0.717, 1.165) is 12.5 Å². The van der Waals surface area contributed by atoms with Gasteiger partial charge in [0.15, 0.2) is 0 Å². The molecule has 0 radical (unpaired) electrons. The van der Waals surface area contributed by atoms with E-state index in [-0.39, 0.29) is 6.23 Å². The molecule has 4 nitrogen and oxygen atoms in total. The molecule has 0 saturated carbocycles. The van der Waals surface area contributed by atoms with E-state index >= 15 is 0 Å². The molecule has 0 saturated heterocycles. The van der Waals surface area contributed by atoms with Crippen LogP contribution in [0.25, 0.3) is 0 Å². The van der Waals surface area contributed by atoms with Crippen LogP contribution >= 0.6 is 11.6 Å². The molecule has 1 unspecified atom stereocenters. The van der Waals surface area contributed by atoms with Crippen LogP contribution < -0.4 is 5.73 Å². The third-order valence-electron chi connectivity index (χ3n) is 1.71. The van der Waals surface area contributed by atoms with Gasteiger partial charge < -0.3 is 19.0 Å². The van der Waals surface area contributed by atoms with E-state index in [1.165, 1.54) is 0 Å². The van der Waals surface area contributed by atoms with E-state index in [1.54, 1.807) is 6.92 Å². The zero-order valence-corrected chi connectivity index (χ0v) is 11.5. The Labute approximate surface area is 98.4 Å². The quantitative estimate of drug-likeness (QED) is 0.389. The summed E-state index contributed by atoms with van der Waals surface area (Å²) in [5.74, 6) is 0.581. The first-order chi connectivity index (χ1) is 7.10. The Morgan fingerprint density at radius 2 is 1.80 bits per heavy atom. The van der Waals surface area contributed by atoms with Crippen LogP contribution in [0.3, 0.4) is 0 Å². The number of hydrogen-bond donors (Lipinski definition) is 1. The first-order valence-corrected chi connectivity index (χ1v) is 7.84. The normalized spacial score (nSPS) is 14.2. The predicted octanol–water partition coefficient (Wildman–Crippen LogP) is 1.95. The molecule has 1 atom stereocenters. The van der Waals surface area contributed by atoms with Gasteiger partial charge in [0.25, 0.3) is 0 Å². The highest BCUT2D eigenvalue weighted by molar-refractivity contribution is 6.60. The number of rotatable bonds is 9. The van der Waals surface area contributed by atoms with E-state index < -0.39 is 8.80 Å². The van der Waals surface area contributed by atoms with Crippen LogP contribution in [-0.4, -0.2) is 34.1 Å². The summed E-state index contributed by atoms with van der Waals surface area (Å²) in [6, 6.07) is 0.722. The van der Waals surface area contributed by atoms with Gasteiger partial charge in [0.1, 0.15) is 0 Å². The lowest BCUT2D eigenvalue weighted by atomic mass is 10.6. The summed E-state index contributed by atoms with van der Waals surface area (Å²) >= 11 is 5.67. The molecule has 0 spiro atoms. The maximum atomic E-state index is 5.67. The molecule has 0 rings (SSSR count). The van der Waals surface area contributed by atoms with Crippen molar-refractivity contribution in [2.24, 2.45) is 5.73 Å². The molecule has 0 aromatic rings. The van der Waals surface area contributed by atoms with Crippen LogP contribution in [0.5, 0.6) is 0 Å². The summed E-state index contributed by atoms with van der Waals surface area (Å²) in [5.41, 5.74) is 5.63. The second-order valence-electron chi connectivity index (χ2n) is 3.16. The Morgan fingerprint density at radius 3 is 2.13 bits per heavy atom. The van der Waals surface area contributed by atoms with Crippen LogP contribution in [0.1, 0.15) is 27.2 Å². The van der Waals surface area contributed by atoms with Gasteiger partial charge in [0, 0.05) is 25.1 Å². The van der Waals surface area contributed by atoms with Crippen LogP contribution in [-0.2, 0) is 13.3 Å². The van der Waals surface area contributed by atoms with E-state index in [9.17, 15) is 0 Å². The summed E-state index contributed by atoms with van der Waals surface area (Å²) in [6.07, 6.45) is 0.450. The van der Waals surface area contributed by atoms with Gasteiger partial charge in [-0.15, -0.1) is 11.6 Å². The highest BCUT2D eigenvalue weighted by atomic mass is 35.5. The van der Waals surface area contributed by atoms with Crippen molar-refractivity contribution < 1.29 is 13.3 Å². The van der Waals surface area contributed by atoms with Crippen LogP contribution in [0.2, 0.25) is 6.04 Å². The monoisotopic (exact) mass is 255 g/mol. The molecule has 0 aliphatic carbocycles. The number of alkyl halides is 1. The smallest absolute Gasteiger partial charge is 0.374 e. The summed E-state index contributed by atoms with van der Waals surface area (Å²) < 4.78 is 16.9. The third kappa shape index (κ3) is 6.50. The van der Waals surface area contributed by atoms with Gasteiger partial charge in [-0.3, -0.25) is 0 Å². The summed E-state index contributed by atoms with van der Waals surface area (Å²) in [6.45, 7) is 6.76. The minimum atomic E-state index is -2.59. The van der Waals surface area contributed by atoms with E-state index in [1.807, 2.05) is 13.8 Å². The van der Waals surface area contributed by atoms with Gasteiger partial charge in [-0.1, -0.05) is 0 Å². The second-order valence-corrected chi connectivity index (χ2v) is 6.22. The average Bonchev–Trinajstić information content (AvgIpc) is 2.14. The summed E-state index contributed by atoms with van der Waals surface area (Å²) in [7, 11) is -2.59. The number of hydrogen-bond acceptors (Lipinski definition) is 4. The SMILES string of the molecule is CCO[Si](CCCCl)(OCC)OC(C)N. The maximum Gasteiger partial charge on any atom is 0.502 e. The topological polar surface area (TPSA) is 53.7 Å². The van der Waals surface area contributed by atoms with Crippen molar-refractivity contribution in [3.8, 4) is 0 Å². The standard InChI is InChI=1S/C9H22ClNO3Si/c1-4-12-15(13-5-2,8-6-7-10)14-9(3)11/h9H,4-8,11H2,1-3H3. The van der Waals surface area contributed by atoms with E-state index in [4.69, 9.17) is 30.6 Å². The molecule has 92 valence electrons. The van der Waals surface area contributed by atoms with Crippen LogP contribution in [0.4, 0.5) is 0 Å². The minimum absolute atomic E-state index is 0.370. The second kappa shape index (κ2) is 8.49. The Morgan fingerprint density at radius 1 is 1.27 bits per heavy atom. The Balaban J connectivity index is 4.40. The lowest BCUT2D eigenvalue weighted by molar-refractivity contribution is 0.0404. The van der Waals surface area contributed by atoms with Crippen molar-refractivity contribution in [2.75, 3.05) is 19.1 Å². The fourth-order valence-electron chi connectivity index (χ4n) is 1.32. The minimum Gasteiger partial charge on any atom is -0.374 e. The largest absolute Gasteiger partial charge is 0.502 e. The first kappa shape index (κ1) is 15.3. The lowest BCUT2D eigenvalue weighted by Gasteiger charge is -2.30. The number of halogens is 1. The number of nitrogens with two attached hydrogens (primary N) is 1. The van der Waals surface area contributed by atoms with Crippen molar-refractivity contribution in [3.05, 3.63) is 0 Å². The molecule has 0 heterocycles. The molecule has 0 aliphatic rings. The van der Waals surface area contributed by atoms with Crippen molar-refractivity contribution in [3.63, 3.8) is 0 Å². The van der Waals surface area contributed by atoms with Crippen LogP contribution in [0, 0.1) is 0 Å².